The van der Waals surface area contributed by atoms with Gasteiger partial charge in [-0.3, -0.25) is 4.79 Å². The zero-order valence-corrected chi connectivity index (χ0v) is 9.89. The van der Waals surface area contributed by atoms with Crippen molar-refractivity contribution in [3.8, 4) is 0 Å². The van der Waals surface area contributed by atoms with E-state index in [1.165, 1.54) is 0 Å². The molecule has 0 spiro atoms. The first-order valence-corrected chi connectivity index (χ1v) is 6.30. The van der Waals surface area contributed by atoms with Crippen LogP contribution in [0, 0.1) is 5.92 Å². The number of hydrogen-bond acceptors (Lipinski definition) is 3. The van der Waals surface area contributed by atoms with Crippen LogP contribution in [0.4, 0.5) is 0 Å². The Morgan fingerprint density at radius 3 is 2.67 bits per heavy atom. The fourth-order valence-electron chi connectivity index (χ4n) is 1.43. The van der Waals surface area contributed by atoms with Crippen LogP contribution in [0.15, 0.2) is 0 Å². The van der Waals surface area contributed by atoms with Crippen molar-refractivity contribution in [2.24, 2.45) is 5.92 Å². The summed E-state index contributed by atoms with van der Waals surface area (Å²) in [7, 11) is 0. The number of nitrogens with one attached hydrogen (secondary N) is 1. The van der Waals surface area contributed by atoms with Gasteiger partial charge in [0.1, 0.15) is 5.54 Å². The fourth-order valence-corrected chi connectivity index (χ4v) is 2.76. The van der Waals surface area contributed by atoms with Gasteiger partial charge in [-0.25, -0.2) is 4.79 Å². The molecule has 15 heavy (non-hydrogen) atoms. The number of carbonyl (C=O) groups is 2. The van der Waals surface area contributed by atoms with E-state index < -0.39 is 11.5 Å². The molecule has 2 N–H and O–H groups in total. The van der Waals surface area contributed by atoms with Crippen LogP contribution in [-0.2, 0) is 9.59 Å². The highest BCUT2D eigenvalue weighted by Gasteiger charge is 2.43. The quantitative estimate of drug-likeness (QED) is 0.760. The molecule has 0 aromatic carbocycles. The molecule has 1 saturated heterocycles. The fraction of sp³-hybridized carbons (Fsp3) is 0.800. The van der Waals surface area contributed by atoms with Crippen molar-refractivity contribution in [1.82, 2.24) is 5.32 Å². The second kappa shape index (κ2) is 4.88. The second-order valence-corrected chi connectivity index (χ2v) is 5.09. The third-order valence-electron chi connectivity index (χ3n) is 2.85. The zero-order chi connectivity index (χ0) is 11.5. The topological polar surface area (TPSA) is 66.4 Å². The highest BCUT2D eigenvalue weighted by Crippen LogP contribution is 2.28. The number of thioether (sulfide) groups is 1. The maximum Gasteiger partial charge on any atom is 0.330 e. The molecule has 1 fully saturated rings. The van der Waals surface area contributed by atoms with Gasteiger partial charge in [0.05, 0.1) is 0 Å². The number of carboxylic acid groups (broad SMARTS) is 1. The van der Waals surface area contributed by atoms with E-state index in [1.807, 2.05) is 13.8 Å². The standard InChI is InChI=1S/C10H17NO3S/c1-3-7(2)8(12)11-10(9(13)14)4-5-15-6-10/h7H,3-6H2,1-2H3,(H,11,12)(H,13,14). The van der Waals surface area contributed by atoms with E-state index in [-0.39, 0.29) is 11.8 Å². The molecular formula is C10H17NO3S. The summed E-state index contributed by atoms with van der Waals surface area (Å²) in [5.41, 5.74) is -1.02. The van der Waals surface area contributed by atoms with Gasteiger partial charge in [0.25, 0.3) is 0 Å². The molecule has 0 saturated carbocycles. The first kappa shape index (κ1) is 12.4. The average Bonchev–Trinajstić information content (AvgIpc) is 2.66. The van der Waals surface area contributed by atoms with E-state index in [1.54, 1.807) is 11.8 Å². The smallest absolute Gasteiger partial charge is 0.330 e. The maximum absolute atomic E-state index is 11.7. The van der Waals surface area contributed by atoms with Crippen LogP contribution in [0.1, 0.15) is 26.7 Å². The van der Waals surface area contributed by atoms with Crippen molar-refractivity contribution >= 4 is 23.6 Å². The normalized spacial score (nSPS) is 27.3. The van der Waals surface area contributed by atoms with E-state index in [4.69, 9.17) is 5.11 Å². The minimum atomic E-state index is -1.02. The monoisotopic (exact) mass is 231 g/mol. The van der Waals surface area contributed by atoms with Crippen molar-refractivity contribution in [3.05, 3.63) is 0 Å². The van der Waals surface area contributed by atoms with Gasteiger partial charge in [0.15, 0.2) is 0 Å². The molecule has 1 rings (SSSR count). The Morgan fingerprint density at radius 2 is 2.27 bits per heavy atom. The van der Waals surface area contributed by atoms with Gasteiger partial charge in [-0.15, -0.1) is 0 Å². The summed E-state index contributed by atoms with van der Waals surface area (Å²) in [4.78, 5) is 22.8. The second-order valence-electron chi connectivity index (χ2n) is 3.99. The summed E-state index contributed by atoms with van der Waals surface area (Å²) < 4.78 is 0. The summed E-state index contributed by atoms with van der Waals surface area (Å²) in [5.74, 6) is 0.0933. The highest BCUT2D eigenvalue weighted by molar-refractivity contribution is 7.99. The molecule has 1 heterocycles. The van der Waals surface area contributed by atoms with Crippen LogP contribution in [0.3, 0.4) is 0 Å². The molecule has 4 nitrogen and oxygen atoms in total. The lowest BCUT2D eigenvalue weighted by Crippen LogP contribution is -2.55. The Balaban J connectivity index is 2.67. The molecule has 2 unspecified atom stereocenters. The van der Waals surface area contributed by atoms with Gasteiger partial charge in [-0.2, -0.15) is 11.8 Å². The van der Waals surface area contributed by atoms with Crippen LogP contribution >= 0.6 is 11.8 Å². The van der Waals surface area contributed by atoms with E-state index in [0.717, 1.165) is 12.2 Å². The number of amides is 1. The van der Waals surface area contributed by atoms with Crippen LogP contribution in [0.5, 0.6) is 0 Å². The summed E-state index contributed by atoms with van der Waals surface area (Å²) in [5, 5.41) is 11.8. The van der Waals surface area contributed by atoms with Gasteiger partial charge in [0, 0.05) is 11.7 Å². The molecule has 1 aliphatic rings. The molecule has 0 aliphatic carbocycles. The van der Waals surface area contributed by atoms with Gasteiger partial charge >= 0.3 is 5.97 Å². The molecule has 0 radical (unpaired) electrons. The third kappa shape index (κ3) is 2.65. The van der Waals surface area contributed by atoms with Crippen molar-refractivity contribution in [3.63, 3.8) is 0 Å². The Labute approximate surface area is 93.8 Å². The molecule has 0 aromatic heterocycles. The summed E-state index contributed by atoms with van der Waals surface area (Å²) >= 11 is 1.58. The number of carbonyl (C=O) groups excluding carboxylic acids is 1. The lowest BCUT2D eigenvalue weighted by atomic mass is 9.97. The van der Waals surface area contributed by atoms with E-state index in [2.05, 4.69) is 5.32 Å². The van der Waals surface area contributed by atoms with Crippen molar-refractivity contribution < 1.29 is 14.7 Å². The number of aliphatic carboxylic acids is 1. The Bertz CT molecular complexity index is 261. The summed E-state index contributed by atoms with van der Waals surface area (Å²) in [6.45, 7) is 3.73. The molecule has 86 valence electrons. The molecule has 1 amide bonds. The van der Waals surface area contributed by atoms with Crippen molar-refractivity contribution in [2.45, 2.75) is 32.2 Å². The van der Waals surface area contributed by atoms with Crippen molar-refractivity contribution in [1.29, 1.82) is 0 Å². The van der Waals surface area contributed by atoms with E-state index in [0.29, 0.717) is 12.2 Å². The molecule has 0 aromatic rings. The minimum Gasteiger partial charge on any atom is -0.479 e. The Morgan fingerprint density at radius 1 is 1.60 bits per heavy atom. The van der Waals surface area contributed by atoms with Gasteiger partial charge < -0.3 is 10.4 Å². The third-order valence-corrected chi connectivity index (χ3v) is 4.04. The summed E-state index contributed by atoms with van der Waals surface area (Å²) in [6, 6.07) is 0. The van der Waals surface area contributed by atoms with Crippen molar-refractivity contribution in [2.75, 3.05) is 11.5 Å². The molecular weight excluding hydrogens is 214 g/mol. The zero-order valence-electron chi connectivity index (χ0n) is 9.08. The Hall–Kier alpha value is -0.710. The van der Waals surface area contributed by atoms with Gasteiger partial charge in [0.2, 0.25) is 5.91 Å². The molecule has 5 heteroatoms. The maximum atomic E-state index is 11.7. The van der Waals surface area contributed by atoms with Gasteiger partial charge in [-0.1, -0.05) is 13.8 Å². The lowest BCUT2D eigenvalue weighted by molar-refractivity contribution is -0.147. The first-order valence-electron chi connectivity index (χ1n) is 5.15. The molecule has 1 aliphatic heterocycles. The number of carboxylic acids is 1. The van der Waals surface area contributed by atoms with E-state index >= 15 is 0 Å². The molecule has 0 bridgehead atoms. The van der Waals surface area contributed by atoms with Crippen LogP contribution in [-0.4, -0.2) is 34.0 Å². The lowest BCUT2D eigenvalue weighted by Gasteiger charge is -2.26. The Kier molecular flexibility index (Phi) is 4.02. The number of hydrogen-bond donors (Lipinski definition) is 2. The number of rotatable bonds is 4. The SMILES string of the molecule is CCC(C)C(=O)NC1(C(=O)O)CCSC1. The highest BCUT2D eigenvalue weighted by atomic mass is 32.2. The predicted molar refractivity (Wildman–Crippen MR) is 59.9 cm³/mol. The molecule has 2 atom stereocenters. The average molecular weight is 231 g/mol. The largest absolute Gasteiger partial charge is 0.479 e. The first-order chi connectivity index (χ1) is 7.02. The van der Waals surface area contributed by atoms with E-state index in [9.17, 15) is 9.59 Å². The van der Waals surface area contributed by atoms with Gasteiger partial charge in [-0.05, 0) is 18.6 Å². The predicted octanol–water partition coefficient (Wildman–Crippen LogP) is 1.11. The minimum absolute atomic E-state index is 0.119. The van der Waals surface area contributed by atoms with Crippen LogP contribution < -0.4 is 5.32 Å². The summed E-state index contributed by atoms with van der Waals surface area (Å²) in [6.07, 6.45) is 1.25. The van der Waals surface area contributed by atoms with Crippen LogP contribution in [0.2, 0.25) is 0 Å². The van der Waals surface area contributed by atoms with Crippen LogP contribution in [0.25, 0.3) is 0 Å².